The molecule has 1 aromatic carbocycles. The van der Waals surface area contributed by atoms with Crippen LogP contribution in [-0.2, 0) is 6.54 Å². The monoisotopic (exact) mass is 372 g/mol. The van der Waals surface area contributed by atoms with E-state index in [9.17, 15) is 9.18 Å². The molecule has 0 saturated carbocycles. The second-order valence-corrected chi connectivity index (χ2v) is 7.78. The van der Waals surface area contributed by atoms with Gasteiger partial charge in [0.1, 0.15) is 16.3 Å². The highest BCUT2D eigenvalue weighted by Crippen LogP contribution is 2.26. The topological polar surface area (TPSA) is 38.5 Å². The number of quaternary nitrogens is 1. The van der Waals surface area contributed by atoms with Gasteiger partial charge in [-0.15, -0.1) is 11.3 Å². The first kappa shape index (κ1) is 17.2. The van der Waals surface area contributed by atoms with Crippen LogP contribution in [0.4, 0.5) is 4.39 Å². The maximum atomic E-state index is 13.2. The van der Waals surface area contributed by atoms with Crippen molar-refractivity contribution in [2.24, 2.45) is 0 Å². The maximum Gasteiger partial charge on any atom is 0.268 e. The molecule has 3 aromatic rings. The van der Waals surface area contributed by atoms with E-state index in [1.807, 2.05) is 22.1 Å². The second-order valence-electron chi connectivity index (χ2n) is 6.89. The van der Waals surface area contributed by atoms with Gasteiger partial charge in [0.05, 0.1) is 26.2 Å². The van der Waals surface area contributed by atoms with Crippen molar-refractivity contribution >= 4 is 27.5 Å². The fraction of sp³-hybridized carbons (Fsp3) is 0.350. The van der Waals surface area contributed by atoms with Gasteiger partial charge < -0.3 is 14.8 Å². The Hall–Kier alpha value is -2.18. The van der Waals surface area contributed by atoms with Crippen LogP contribution in [0.2, 0.25) is 0 Å². The molecule has 6 heteroatoms. The van der Waals surface area contributed by atoms with Crippen LogP contribution in [0.1, 0.15) is 28.9 Å². The third kappa shape index (κ3) is 3.66. The number of hydrogen-bond donors (Lipinski definition) is 2. The summed E-state index contributed by atoms with van der Waals surface area (Å²) in [5.74, 6) is -0.279. The normalized spacial score (nSPS) is 15.0. The molecule has 1 fully saturated rings. The summed E-state index contributed by atoms with van der Waals surface area (Å²) in [7, 11) is 0. The Kier molecular flexibility index (Phi) is 5.04. The number of rotatable bonds is 6. The van der Waals surface area contributed by atoms with Gasteiger partial charge in [-0.05, 0) is 35.2 Å². The van der Waals surface area contributed by atoms with Gasteiger partial charge in [-0.1, -0.05) is 12.1 Å². The summed E-state index contributed by atoms with van der Waals surface area (Å²) in [6, 6.07) is 10.5. The molecule has 1 amide bonds. The van der Waals surface area contributed by atoms with Crippen molar-refractivity contribution in [1.82, 2.24) is 9.88 Å². The van der Waals surface area contributed by atoms with Crippen molar-refractivity contribution in [3.63, 3.8) is 0 Å². The lowest BCUT2D eigenvalue weighted by Crippen LogP contribution is -3.10. The van der Waals surface area contributed by atoms with E-state index < -0.39 is 0 Å². The minimum absolute atomic E-state index is 0.0332. The van der Waals surface area contributed by atoms with Crippen molar-refractivity contribution in [3.05, 3.63) is 58.9 Å². The summed E-state index contributed by atoms with van der Waals surface area (Å²) in [6.45, 7) is 4.67. The van der Waals surface area contributed by atoms with Gasteiger partial charge in [0.25, 0.3) is 5.91 Å². The molecule has 3 heterocycles. The first-order valence-electron chi connectivity index (χ1n) is 9.13. The number of fused-ring (bicyclic) bond motifs is 1. The Labute approximate surface area is 156 Å². The Bertz CT molecular complexity index is 894. The molecule has 0 spiro atoms. The van der Waals surface area contributed by atoms with Crippen molar-refractivity contribution in [2.75, 3.05) is 26.2 Å². The van der Waals surface area contributed by atoms with Crippen LogP contribution < -0.4 is 10.2 Å². The number of halogens is 1. The van der Waals surface area contributed by atoms with Crippen LogP contribution in [0.15, 0.2) is 41.8 Å². The molecule has 0 bridgehead atoms. The standard InChI is InChI=1S/C20H22FN3OS/c21-17-5-3-15(4-6-17)14-24-18(13-16-7-12-26-20(16)24)19(25)22-8-11-23-9-1-2-10-23/h3-7,12-13H,1-2,8-11,14H2,(H,22,25)/p+1. The summed E-state index contributed by atoms with van der Waals surface area (Å²) in [6.07, 6.45) is 2.58. The highest BCUT2D eigenvalue weighted by atomic mass is 32.1. The number of carbonyl (C=O) groups is 1. The van der Waals surface area contributed by atoms with Crippen LogP contribution in [-0.4, -0.2) is 36.7 Å². The zero-order valence-electron chi connectivity index (χ0n) is 14.6. The quantitative estimate of drug-likeness (QED) is 0.685. The Balaban J connectivity index is 1.51. The number of likely N-dealkylation sites (tertiary alicyclic amines) is 1. The summed E-state index contributed by atoms with van der Waals surface area (Å²) < 4.78 is 15.2. The molecule has 2 N–H and O–H groups in total. The Morgan fingerprint density at radius 2 is 1.96 bits per heavy atom. The molecule has 1 aliphatic rings. The van der Waals surface area contributed by atoms with Gasteiger partial charge in [-0.2, -0.15) is 0 Å². The lowest BCUT2D eigenvalue weighted by molar-refractivity contribution is -0.886. The van der Waals surface area contributed by atoms with Gasteiger partial charge in [0.15, 0.2) is 0 Å². The zero-order valence-corrected chi connectivity index (χ0v) is 15.4. The van der Waals surface area contributed by atoms with Crippen LogP contribution in [0.5, 0.6) is 0 Å². The smallest absolute Gasteiger partial charge is 0.268 e. The fourth-order valence-electron chi connectivity index (χ4n) is 3.66. The molecule has 0 radical (unpaired) electrons. The van der Waals surface area contributed by atoms with Crippen LogP contribution in [0.25, 0.3) is 10.2 Å². The summed E-state index contributed by atoms with van der Waals surface area (Å²) in [4.78, 5) is 15.4. The second kappa shape index (κ2) is 7.60. The predicted molar refractivity (Wildman–Crippen MR) is 102 cm³/mol. The lowest BCUT2D eigenvalue weighted by atomic mass is 10.2. The fourth-order valence-corrected chi connectivity index (χ4v) is 4.56. The average Bonchev–Trinajstić information content (AvgIpc) is 3.35. The van der Waals surface area contributed by atoms with Gasteiger partial charge in [0, 0.05) is 24.8 Å². The third-order valence-electron chi connectivity index (χ3n) is 5.06. The molecular formula is C20H23FN3OS+. The largest absolute Gasteiger partial charge is 0.345 e. The summed E-state index contributed by atoms with van der Waals surface area (Å²) in [5.41, 5.74) is 1.65. The lowest BCUT2D eigenvalue weighted by Gasteiger charge is -2.14. The van der Waals surface area contributed by atoms with E-state index in [0.29, 0.717) is 18.8 Å². The maximum absolute atomic E-state index is 13.2. The van der Waals surface area contributed by atoms with E-state index in [2.05, 4.69) is 5.32 Å². The molecule has 2 aromatic heterocycles. The number of thiophene rings is 1. The van der Waals surface area contributed by atoms with Gasteiger partial charge in [0.2, 0.25) is 0 Å². The average molecular weight is 372 g/mol. The van der Waals surface area contributed by atoms with E-state index in [1.54, 1.807) is 28.4 Å². The van der Waals surface area contributed by atoms with Crippen molar-refractivity contribution < 1.29 is 14.1 Å². The minimum atomic E-state index is -0.245. The molecule has 1 saturated heterocycles. The molecule has 136 valence electrons. The van der Waals surface area contributed by atoms with Crippen LogP contribution in [0.3, 0.4) is 0 Å². The Morgan fingerprint density at radius 3 is 2.73 bits per heavy atom. The zero-order chi connectivity index (χ0) is 17.9. The van der Waals surface area contributed by atoms with E-state index in [-0.39, 0.29) is 11.7 Å². The molecular weight excluding hydrogens is 349 g/mol. The molecule has 0 aliphatic carbocycles. The highest BCUT2D eigenvalue weighted by Gasteiger charge is 2.18. The molecule has 26 heavy (non-hydrogen) atoms. The van der Waals surface area contributed by atoms with E-state index >= 15 is 0 Å². The molecule has 0 atom stereocenters. The number of nitrogens with zero attached hydrogens (tertiary/aromatic N) is 1. The third-order valence-corrected chi connectivity index (χ3v) is 6.02. The number of benzene rings is 1. The number of amides is 1. The predicted octanol–water partition coefficient (Wildman–Crippen LogP) is 2.30. The molecule has 1 aliphatic heterocycles. The molecule has 0 unspecified atom stereocenters. The van der Waals surface area contributed by atoms with E-state index in [0.717, 1.165) is 22.3 Å². The minimum Gasteiger partial charge on any atom is -0.345 e. The number of nitrogens with one attached hydrogen (secondary N) is 2. The first-order chi connectivity index (χ1) is 12.7. The Morgan fingerprint density at radius 1 is 1.19 bits per heavy atom. The van der Waals surface area contributed by atoms with E-state index in [1.165, 1.54) is 38.1 Å². The summed E-state index contributed by atoms with van der Waals surface area (Å²) in [5, 5.41) is 6.18. The van der Waals surface area contributed by atoms with Gasteiger partial charge in [-0.25, -0.2) is 4.39 Å². The number of hydrogen-bond acceptors (Lipinski definition) is 2. The van der Waals surface area contributed by atoms with E-state index in [4.69, 9.17) is 0 Å². The van der Waals surface area contributed by atoms with Crippen molar-refractivity contribution in [1.29, 1.82) is 0 Å². The van der Waals surface area contributed by atoms with Crippen LogP contribution >= 0.6 is 11.3 Å². The van der Waals surface area contributed by atoms with Crippen molar-refractivity contribution in [3.8, 4) is 0 Å². The highest BCUT2D eigenvalue weighted by molar-refractivity contribution is 7.16. The number of carbonyl (C=O) groups excluding carboxylic acids is 1. The van der Waals surface area contributed by atoms with Gasteiger partial charge in [-0.3, -0.25) is 4.79 Å². The van der Waals surface area contributed by atoms with Gasteiger partial charge >= 0.3 is 0 Å². The summed E-state index contributed by atoms with van der Waals surface area (Å²) >= 11 is 1.62. The molecule has 4 rings (SSSR count). The SMILES string of the molecule is O=C(NCC[NH+]1CCCC1)c1cc2ccsc2n1Cc1ccc(F)cc1. The molecule has 4 nitrogen and oxygen atoms in total. The first-order valence-corrected chi connectivity index (χ1v) is 10.0. The van der Waals surface area contributed by atoms with Crippen molar-refractivity contribution in [2.45, 2.75) is 19.4 Å². The number of aromatic nitrogens is 1. The van der Waals surface area contributed by atoms with Crippen LogP contribution in [0, 0.1) is 5.82 Å².